The molecule has 0 spiro atoms. The molecule has 0 unspecified atom stereocenters. The fraction of sp³-hybridized carbons (Fsp3) is 0.429. The Labute approximate surface area is 169 Å². The van der Waals surface area contributed by atoms with E-state index >= 15 is 0 Å². The van der Waals surface area contributed by atoms with Crippen molar-refractivity contribution in [3.63, 3.8) is 0 Å². The monoisotopic (exact) mass is 401 g/mol. The van der Waals surface area contributed by atoms with E-state index < -0.39 is 6.03 Å². The number of urea groups is 1. The molecule has 3 amide bonds. The summed E-state index contributed by atoms with van der Waals surface area (Å²) in [5, 5.41) is 16.4. The zero-order chi connectivity index (χ0) is 19.8. The maximum absolute atomic E-state index is 12.1. The van der Waals surface area contributed by atoms with E-state index in [1.165, 1.54) is 5.56 Å². The molecule has 1 saturated heterocycles. The van der Waals surface area contributed by atoms with Crippen LogP contribution in [-0.2, 0) is 17.8 Å². The smallest absolute Gasteiger partial charge is 0.321 e. The first-order chi connectivity index (χ1) is 13.6. The first-order valence-electron chi connectivity index (χ1n) is 9.69. The Bertz CT molecular complexity index is 754. The number of phenolic OH excluding ortho intramolecular Hbond substituents is 1. The first-order valence-corrected chi connectivity index (χ1v) is 10.6. The summed E-state index contributed by atoms with van der Waals surface area (Å²) in [6.07, 6.45) is 4.26. The normalized spacial score (nSPS) is 15.3. The Hall–Kier alpha value is -2.38. The van der Waals surface area contributed by atoms with Gasteiger partial charge in [-0.25, -0.2) is 4.79 Å². The molecule has 2 aromatic rings. The van der Waals surface area contributed by atoms with Crippen molar-refractivity contribution in [3.8, 4) is 5.75 Å². The molecule has 1 aliphatic heterocycles. The number of phenols is 1. The van der Waals surface area contributed by atoms with Crippen LogP contribution in [0.25, 0.3) is 0 Å². The SMILES string of the molecule is O=C(CN1CCC(CCc2ccc(O)cc2)CC1)NC(=O)NCc1cccs1. The van der Waals surface area contributed by atoms with Crippen molar-refractivity contribution in [1.82, 2.24) is 15.5 Å². The number of hydrogen-bond acceptors (Lipinski definition) is 5. The van der Waals surface area contributed by atoms with Crippen molar-refractivity contribution in [1.29, 1.82) is 0 Å². The van der Waals surface area contributed by atoms with Gasteiger partial charge in [-0.3, -0.25) is 15.0 Å². The summed E-state index contributed by atoms with van der Waals surface area (Å²) < 4.78 is 0. The molecule has 0 atom stereocenters. The standard InChI is InChI=1S/C21H27N3O3S/c25-18-7-5-16(6-8-18)3-4-17-9-11-24(12-10-17)15-20(26)23-21(27)22-14-19-2-1-13-28-19/h1-2,5-8,13,17,25H,3-4,9-12,14-15H2,(H2,22,23,26,27). The molecule has 6 nitrogen and oxygen atoms in total. The molecule has 1 aromatic heterocycles. The van der Waals surface area contributed by atoms with Crippen LogP contribution in [0.15, 0.2) is 41.8 Å². The van der Waals surface area contributed by atoms with Gasteiger partial charge in [0.05, 0.1) is 13.1 Å². The minimum absolute atomic E-state index is 0.258. The molecular weight excluding hydrogens is 374 g/mol. The quantitative estimate of drug-likeness (QED) is 0.666. The Morgan fingerprint density at radius 2 is 1.89 bits per heavy atom. The summed E-state index contributed by atoms with van der Waals surface area (Å²) in [6.45, 7) is 2.45. The summed E-state index contributed by atoms with van der Waals surface area (Å²) >= 11 is 1.57. The molecule has 2 heterocycles. The van der Waals surface area contributed by atoms with Crippen LogP contribution in [0.5, 0.6) is 5.75 Å². The van der Waals surface area contributed by atoms with Crippen LogP contribution in [0.3, 0.4) is 0 Å². The average Bonchev–Trinajstić information content (AvgIpc) is 3.21. The van der Waals surface area contributed by atoms with Crippen LogP contribution < -0.4 is 10.6 Å². The fourth-order valence-electron chi connectivity index (χ4n) is 3.46. The van der Waals surface area contributed by atoms with E-state index in [9.17, 15) is 14.7 Å². The van der Waals surface area contributed by atoms with Gasteiger partial charge < -0.3 is 10.4 Å². The number of imide groups is 1. The Balaban J connectivity index is 1.30. The number of carbonyl (C=O) groups excluding carboxylic acids is 2. The summed E-state index contributed by atoms with van der Waals surface area (Å²) in [5.41, 5.74) is 1.24. The molecule has 1 fully saturated rings. The Morgan fingerprint density at radius 1 is 1.14 bits per heavy atom. The first kappa shape index (κ1) is 20.4. The van der Waals surface area contributed by atoms with E-state index in [2.05, 4.69) is 15.5 Å². The lowest BCUT2D eigenvalue weighted by molar-refractivity contribution is -0.121. The number of piperidine rings is 1. The number of nitrogens with zero attached hydrogens (tertiary/aromatic N) is 1. The lowest BCUT2D eigenvalue weighted by atomic mass is 9.90. The second kappa shape index (κ2) is 10.2. The molecule has 28 heavy (non-hydrogen) atoms. The molecule has 0 aliphatic carbocycles. The fourth-order valence-corrected chi connectivity index (χ4v) is 4.11. The number of benzene rings is 1. The average molecular weight is 402 g/mol. The van der Waals surface area contributed by atoms with Crippen LogP contribution >= 0.6 is 11.3 Å². The Morgan fingerprint density at radius 3 is 2.57 bits per heavy atom. The van der Waals surface area contributed by atoms with Crippen LogP contribution in [0.1, 0.15) is 29.7 Å². The number of hydrogen-bond donors (Lipinski definition) is 3. The molecule has 1 aromatic carbocycles. The molecule has 0 saturated carbocycles. The number of thiophene rings is 1. The highest BCUT2D eigenvalue weighted by atomic mass is 32.1. The maximum Gasteiger partial charge on any atom is 0.321 e. The third kappa shape index (κ3) is 6.65. The number of carbonyl (C=O) groups is 2. The van der Waals surface area contributed by atoms with E-state index in [4.69, 9.17) is 0 Å². The maximum atomic E-state index is 12.1. The van der Waals surface area contributed by atoms with Gasteiger partial charge in [0, 0.05) is 4.88 Å². The third-order valence-corrected chi connectivity index (χ3v) is 5.98. The lowest BCUT2D eigenvalue weighted by Gasteiger charge is -2.31. The van der Waals surface area contributed by atoms with Gasteiger partial charge in [-0.15, -0.1) is 11.3 Å². The minimum atomic E-state index is -0.442. The number of amides is 3. The van der Waals surface area contributed by atoms with Gasteiger partial charge in [0.2, 0.25) is 5.91 Å². The molecule has 3 rings (SSSR count). The highest BCUT2D eigenvalue weighted by Gasteiger charge is 2.21. The van der Waals surface area contributed by atoms with Crippen LogP contribution in [-0.4, -0.2) is 41.6 Å². The van der Waals surface area contributed by atoms with Crippen LogP contribution in [0.2, 0.25) is 0 Å². The van der Waals surface area contributed by atoms with Gasteiger partial charge in [-0.05, 0) is 73.8 Å². The van der Waals surface area contributed by atoms with Gasteiger partial charge in [-0.2, -0.15) is 0 Å². The van der Waals surface area contributed by atoms with E-state index in [1.54, 1.807) is 23.5 Å². The summed E-state index contributed by atoms with van der Waals surface area (Å²) in [7, 11) is 0. The van der Waals surface area contributed by atoms with Crippen molar-refractivity contribution in [2.24, 2.45) is 5.92 Å². The number of aryl methyl sites for hydroxylation is 1. The second-order valence-corrected chi connectivity index (χ2v) is 8.27. The minimum Gasteiger partial charge on any atom is -0.508 e. The summed E-state index contributed by atoms with van der Waals surface area (Å²) in [5.74, 6) is 0.698. The molecule has 0 bridgehead atoms. The summed E-state index contributed by atoms with van der Waals surface area (Å²) in [6, 6.07) is 10.8. The topological polar surface area (TPSA) is 81.7 Å². The van der Waals surface area contributed by atoms with E-state index in [1.807, 2.05) is 29.6 Å². The third-order valence-electron chi connectivity index (χ3n) is 5.11. The predicted molar refractivity (Wildman–Crippen MR) is 110 cm³/mol. The number of aromatic hydroxyl groups is 1. The van der Waals surface area contributed by atoms with E-state index in [0.717, 1.165) is 43.6 Å². The zero-order valence-corrected chi connectivity index (χ0v) is 16.7. The largest absolute Gasteiger partial charge is 0.508 e. The van der Waals surface area contributed by atoms with Crippen molar-refractivity contribution in [3.05, 3.63) is 52.2 Å². The van der Waals surface area contributed by atoms with Gasteiger partial charge in [-0.1, -0.05) is 18.2 Å². The Kier molecular flexibility index (Phi) is 7.45. The molecular formula is C21H27N3O3S. The van der Waals surface area contributed by atoms with Gasteiger partial charge in [0.1, 0.15) is 5.75 Å². The van der Waals surface area contributed by atoms with Crippen molar-refractivity contribution < 1.29 is 14.7 Å². The molecule has 1 aliphatic rings. The van der Waals surface area contributed by atoms with Gasteiger partial charge in [0.25, 0.3) is 0 Å². The number of nitrogens with one attached hydrogen (secondary N) is 2. The van der Waals surface area contributed by atoms with Crippen molar-refractivity contribution in [2.45, 2.75) is 32.2 Å². The van der Waals surface area contributed by atoms with Gasteiger partial charge >= 0.3 is 6.03 Å². The number of rotatable bonds is 7. The number of likely N-dealkylation sites (tertiary alicyclic amines) is 1. The highest BCUT2D eigenvalue weighted by molar-refractivity contribution is 7.09. The lowest BCUT2D eigenvalue weighted by Crippen LogP contribution is -2.46. The highest BCUT2D eigenvalue weighted by Crippen LogP contribution is 2.22. The van der Waals surface area contributed by atoms with E-state index in [0.29, 0.717) is 18.2 Å². The van der Waals surface area contributed by atoms with Crippen molar-refractivity contribution in [2.75, 3.05) is 19.6 Å². The van der Waals surface area contributed by atoms with Gasteiger partial charge in [0.15, 0.2) is 0 Å². The molecule has 3 N–H and O–H groups in total. The van der Waals surface area contributed by atoms with Crippen LogP contribution in [0.4, 0.5) is 4.79 Å². The predicted octanol–water partition coefficient (Wildman–Crippen LogP) is 3.12. The molecule has 150 valence electrons. The summed E-state index contributed by atoms with van der Waals surface area (Å²) in [4.78, 5) is 27.0. The molecule has 0 radical (unpaired) electrons. The van der Waals surface area contributed by atoms with E-state index in [-0.39, 0.29) is 12.5 Å². The molecule has 7 heteroatoms. The van der Waals surface area contributed by atoms with Crippen LogP contribution in [0, 0.1) is 5.92 Å². The second-order valence-electron chi connectivity index (χ2n) is 7.23. The van der Waals surface area contributed by atoms with Crippen molar-refractivity contribution >= 4 is 23.3 Å². The zero-order valence-electron chi connectivity index (χ0n) is 15.9.